The molecule has 19 heavy (non-hydrogen) atoms. The van der Waals surface area contributed by atoms with E-state index in [1.807, 2.05) is 13.1 Å². The molecule has 0 aliphatic heterocycles. The maximum atomic E-state index is 4.52. The first-order valence-corrected chi connectivity index (χ1v) is 8.05. The molecule has 0 unspecified atom stereocenters. The predicted octanol–water partition coefficient (Wildman–Crippen LogP) is 4.05. The van der Waals surface area contributed by atoms with Crippen molar-refractivity contribution >= 4 is 27.7 Å². The summed E-state index contributed by atoms with van der Waals surface area (Å²) in [6.45, 7) is 5.18. The summed E-state index contributed by atoms with van der Waals surface area (Å²) in [7, 11) is 0. The summed E-state index contributed by atoms with van der Waals surface area (Å²) < 4.78 is 0.937. The molecular formula is C14H23BrN4. The lowest BCUT2D eigenvalue weighted by atomic mass is 9.84. The van der Waals surface area contributed by atoms with Crippen molar-refractivity contribution < 1.29 is 0 Å². The second-order valence-corrected chi connectivity index (χ2v) is 6.05. The van der Waals surface area contributed by atoms with E-state index in [0.29, 0.717) is 12.0 Å². The molecule has 1 heterocycles. The third-order valence-electron chi connectivity index (χ3n) is 3.84. The fourth-order valence-corrected chi connectivity index (χ4v) is 2.93. The third-order valence-corrected chi connectivity index (χ3v) is 4.42. The summed E-state index contributed by atoms with van der Waals surface area (Å²) >= 11 is 3.52. The van der Waals surface area contributed by atoms with Gasteiger partial charge in [0.15, 0.2) is 0 Å². The van der Waals surface area contributed by atoms with Crippen molar-refractivity contribution in [2.24, 2.45) is 5.92 Å². The summed E-state index contributed by atoms with van der Waals surface area (Å²) in [4.78, 5) is 8.75. The van der Waals surface area contributed by atoms with E-state index in [2.05, 4.69) is 43.5 Å². The molecule has 4 nitrogen and oxygen atoms in total. The van der Waals surface area contributed by atoms with Gasteiger partial charge in [-0.05, 0) is 54.5 Å². The quantitative estimate of drug-likeness (QED) is 0.856. The molecule has 1 aromatic rings. The van der Waals surface area contributed by atoms with Crippen LogP contribution >= 0.6 is 15.9 Å². The molecule has 1 aliphatic carbocycles. The second kappa shape index (κ2) is 7.08. The molecule has 106 valence electrons. The zero-order valence-corrected chi connectivity index (χ0v) is 13.3. The Hall–Kier alpha value is -0.840. The van der Waals surface area contributed by atoms with Crippen LogP contribution in [0.1, 0.15) is 46.0 Å². The minimum atomic E-state index is 0.545. The molecule has 0 radical (unpaired) electrons. The number of hydrogen-bond acceptors (Lipinski definition) is 4. The predicted molar refractivity (Wildman–Crippen MR) is 83.6 cm³/mol. The van der Waals surface area contributed by atoms with Crippen LogP contribution in [0.25, 0.3) is 0 Å². The van der Waals surface area contributed by atoms with Gasteiger partial charge in [-0.25, -0.2) is 4.98 Å². The molecular weight excluding hydrogens is 304 g/mol. The molecule has 1 saturated carbocycles. The van der Waals surface area contributed by atoms with E-state index in [-0.39, 0.29) is 0 Å². The van der Waals surface area contributed by atoms with E-state index in [4.69, 9.17) is 0 Å². The van der Waals surface area contributed by atoms with Crippen LogP contribution in [-0.4, -0.2) is 22.6 Å². The van der Waals surface area contributed by atoms with Crippen LogP contribution in [0.5, 0.6) is 0 Å². The summed E-state index contributed by atoms with van der Waals surface area (Å²) in [6, 6.07) is 0.545. The number of rotatable bonds is 5. The van der Waals surface area contributed by atoms with Crippen molar-refractivity contribution in [3.05, 3.63) is 10.7 Å². The van der Waals surface area contributed by atoms with Crippen molar-refractivity contribution in [2.75, 3.05) is 17.2 Å². The van der Waals surface area contributed by atoms with Gasteiger partial charge in [-0.15, -0.1) is 0 Å². The van der Waals surface area contributed by atoms with Gasteiger partial charge < -0.3 is 10.6 Å². The Morgan fingerprint density at radius 2 is 2.00 bits per heavy atom. The fourth-order valence-electron chi connectivity index (χ4n) is 2.62. The van der Waals surface area contributed by atoms with Crippen LogP contribution in [0.2, 0.25) is 0 Å². The van der Waals surface area contributed by atoms with Gasteiger partial charge in [0.25, 0.3) is 0 Å². The lowest BCUT2D eigenvalue weighted by Crippen LogP contribution is -2.26. The lowest BCUT2D eigenvalue weighted by Gasteiger charge is -2.29. The van der Waals surface area contributed by atoms with E-state index in [1.54, 1.807) is 0 Å². The highest BCUT2D eigenvalue weighted by Crippen LogP contribution is 2.30. The monoisotopic (exact) mass is 326 g/mol. The van der Waals surface area contributed by atoms with Crippen molar-refractivity contribution in [2.45, 2.75) is 52.0 Å². The number of hydrogen-bond donors (Lipinski definition) is 2. The first-order valence-electron chi connectivity index (χ1n) is 7.25. The minimum absolute atomic E-state index is 0.545. The van der Waals surface area contributed by atoms with Gasteiger partial charge in [0.1, 0.15) is 5.82 Å². The molecule has 0 spiro atoms. The van der Waals surface area contributed by atoms with E-state index >= 15 is 0 Å². The SMILES string of the molecule is CCNc1ncc(Br)c(NC2CCC(CC)CC2)n1. The molecule has 0 amide bonds. The third kappa shape index (κ3) is 4.06. The van der Waals surface area contributed by atoms with Crippen LogP contribution in [0.15, 0.2) is 10.7 Å². The van der Waals surface area contributed by atoms with Crippen molar-refractivity contribution in [1.29, 1.82) is 0 Å². The Morgan fingerprint density at radius 3 is 2.63 bits per heavy atom. The standard InChI is InChI=1S/C14H23BrN4/c1-3-10-5-7-11(8-6-10)18-13-12(15)9-17-14(19-13)16-4-2/h9-11H,3-8H2,1-2H3,(H2,16,17,18,19). The molecule has 1 aliphatic rings. The second-order valence-electron chi connectivity index (χ2n) is 5.19. The van der Waals surface area contributed by atoms with Crippen LogP contribution in [0.4, 0.5) is 11.8 Å². The largest absolute Gasteiger partial charge is 0.366 e. The number of halogens is 1. The maximum absolute atomic E-state index is 4.52. The number of anilines is 2. The van der Waals surface area contributed by atoms with E-state index in [9.17, 15) is 0 Å². The normalized spacial score (nSPS) is 23.1. The molecule has 0 bridgehead atoms. The molecule has 0 saturated heterocycles. The Balaban J connectivity index is 1.96. The topological polar surface area (TPSA) is 49.8 Å². The van der Waals surface area contributed by atoms with Crippen LogP contribution < -0.4 is 10.6 Å². The van der Waals surface area contributed by atoms with Crippen molar-refractivity contribution in [3.63, 3.8) is 0 Å². The van der Waals surface area contributed by atoms with Gasteiger partial charge in [-0.1, -0.05) is 13.3 Å². The lowest BCUT2D eigenvalue weighted by molar-refractivity contribution is 0.330. The first kappa shape index (κ1) is 14.6. The molecule has 5 heteroatoms. The van der Waals surface area contributed by atoms with Gasteiger partial charge in [-0.2, -0.15) is 4.98 Å². The summed E-state index contributed by atoms with van der Waals surface area (Å²) in [5.41, 5.74) is 0. The fraction of sp³-hybridized carbons (Fsp3) is 0.714. The van der Waals surface area contributed by atoms with E-state index < -0.39 is 0 Å². The highest BCUT2D eigenvalue weighted by atomic mass is 79.9. The van der Waals surface area contributed by atoms with Crippen LogP contribution in [-0.2, 0) is 0 Å². The molecule has 2 rings (SSSR count). The van der Waals surface area contributed by atoms with Gasteiger partial charge >= 0.3 is 0 Å². The average molecular weight is 327 g/mol. The highest BCUT2D eigenvalue weighted by Gasteiger charge is 2.20. The molecule has 1 fully saturated rings. The number of aromatic nitrogens is 2. The maximum Gasteiger partial charge on any atom is 0.224 e. The Bertz CT molecular complexity index is 402. The van der Waals surface area contributed by atoms with Gasteiger partial charge in [-0.3, -0.25) is 0 Å². The summed E-state index contributed by atoms with van der Waals surface area (Å²) in [5, 5.41) is 6.70. The van der Waals surface area contributed by atoms with Gasteiger partial charge in [0, 0.05) is 18.8 Å². The molecule has 0 aromatic carbocycles. The summed E-state index contributed by atoms with van der Waals surface area (Å²) in [6.07, 6.45) is 8.27. The smallest absolute Gasteiger partial charge is 0.224 e. The molecule has 2 N–H and O–H groups in total. The Kier molecular flexibility index (Phi) is 5.43. The number of nitrogens with one attached hydrogen (secondary N) is 2. The zero-order valence-electron chi connectivity index (χ0n) is 11.7. The van der Waals surface area contributed by atoms with Crippen molar-refractivity contribution in [3.8, 4) is 0 Å². The number of nitrogens with zero attached hydrogens (tertiary/aromatic N) is 2. The average Bonchev–Trinajstić information content (AvgIpc) is 2.44. The van der Waals surface area contributed by atoms with Gasteiger partial charge in [0.2, 0.25) is 5.95 Å². The van der Waals surface area contributed by atoms with Gasteiger partial charge in [0.05, 0.1) is 4.47 Å². The first-order chi connectivity index (χ1) is 9.22. The summed E-state index contributed by atoms with van der Waals surface area (Å²) in [5.74, 6) is 2.52. The Labute approximate surface area is 123 Å². The molecule has 1 aromatic heterocycles. The van der Waals surface area contributed by atoms with Crippen LogP contribution in [0, 0.1) is 5.92 Å². The Morgan fingerprint density at radius 1 is 1.26 bits per heavy atom. The highest BCUT2D eigenvalue weighted by molar-refractivity contribution is 9.10. The van der Waals surface area contributed by atoms with Crippen LogP contribution in [0.3, 0.4) is 0 Å². The van der Waals surface area contributed by atoms with E-state index in [0.717, 1.165) is 22.8 Å². The minimum Gasteiger partial charge on any atom is -0.366 e. The molecule has 0 atom stereocenters. The van der Waals surface area contributed by atoms with Crippen molar-refractivity contribution in [1.82, 2.24) is 9.97 Å². The zero-order chi connectivity index (χ0) is 13.7. The van der Waals surface area contributed by atoms with E-state index in [1.165, 1.54) is 32.1 Å².